The molecule has 1 aromatic heterocycles. The van der Waals surface area contributed by atoms with E-state index >= 15 is 0 Å². The van der Waals surface area contributed by atoms with Crippen LogP contribution in [-0.2, 0) is 4.79 Å². The van der Waals surface area contributed by atoms with E-state index in [1.165, 1.54) is 28.9 Å². The molecule has 3 rings (SSSR count). The molecule has 0 radical (unpaired) electrons. The molecule has 0 aliphatic rings. The maximum absolute atomic E-state index is 12.9. The summed E-state index contributed by atoms with van der Waals surface area (Å²) >= 11 is 13.1. The van der Waals surface area contributed by atoms with Crippen LogP contribution in [0, 0.1) is 5.82 Å². The number of hydrogen-bond donors (Lipinski definition) is 2. The van der Waals surface area contributed by atoms with E-state index in [0.29, 0.717) is 32.3 Å². The molecule has 0 unspecified atom stereocenters. The molecule has 0 saturated heterocycles. The summed E-state index contributed by atoms with van der Waals surface area (Å²) in [5.74, 6) is 5.76. The van der Waals surface area contributed by atoms with Crippen molar-refractivity contribution in [1.29, 1.82) is 0 Å². The molecule has 2 aromatic carbocycles. The van der Waals surface area contributed by atoms with Crippen LogP contribution in [0.1, 0.15) is 0 Å². The van der Waals surface area contributed by atoms with Crippen LogP contribution in [0.15, 0.2) is 47.6 Å². The van der Waals surface area contributed by atoms with Crippen LogP contribution < -0.4 is 11.2 Å². The van der Waals surface area contributed by atoms with Crippen LogP contribution in [0.5, 0.6) is 0 Å². The molecule has 3 N–H and O–H groups in total. The summed E-state index contributed by atoms with van der Waals surface area (Å²) in [4.78, 5) is 12.0. The first kappa shape index (κ1) is 18.5. The Balaban J connectivity index is 1.66. The molecule has 26 heavy (non-hydrogen) atoms. The van der Waals surface area contributed by atoms with Gasteiger partial charge in [0.2, 0.25) is 11.1 Å². The molecule has 134 valence electrons. The Morgan fingerprint density at radius 1 is 1.19 bits per heavy atom. The average molecular weight is 412 g/mol. The van der Waals surface area contributed by atoms with Crippen LogP contribution in [0.25, 0.3) is 11.4 Å². The number of rotatable bonds is 5. The van der Waals surface area contributed by atoms with Gasteiger partial charge in [0.15, 0.2) is 5.82 Å². The van der Waals surface area contributed by atoms with Gasteiger partial charge in [0.1, 0.15) is 5.82 Å². The Bertz CT molecular complexity index is 948. The lowest BCUT2D eigenvalue weighted by atomic mass is 10.2. The molecule has 10 heteroatoms. The highest BCUT2D eigenvalue weighted by atomic mass is 35.5. The molecule has 3 aromatic rings. The lowest BCUT2D eigenvalue weighted by molar-refractivity contribution is -0.113. The van der Waals surface area contributed by atoms with E-state index in [4.69, 9.17) is 29.0 Å². The van der Waals surface area contributed by atoms with E-state index in [-0.39, 0.29) is 17.5 Å². The number of nitrogens with one attached hydrogen (secondary N) is 1. The highest BCUT2D eigenvalue weighted by Gasteiger charge is 2.16. The van der Waals surface area contributed by atoms with Crippen molar-refractivity contribution in [1.82, 2.24) is 14.9 Å². The van der Waals surface area contributed by atoms with Gasteiger partial charge < -0.3 is 11.2 Å². The van der Waals surface area contributed by atoms with E-state index in [1.54, 1.807) is 18.2 Å². The number of nitrogens with two attached hydrogens (primary N) is 1. The number of carbonyl (C=O) groups is 1. The van der Waals surface area contributed by atoms with Gasteiger partial charge in [0.05, 0.1) is 10.8 Å². The van der Waals surface area contributed by atoms with Gasteiger partial charge >= 0.3 is 0 Å². The predicted molar refractivity (Wildman–Crippen MR) is 101 cm³/mol. The van der Waals surface area contributed by atoms with E-state index in [0.717, 1.165) is 11.8 Å². The molecule has 0 saturated carbocycles. The molecule has 0 spiro atoms. The van der Waals surface area contributed by atoms with Crippen LogP contribution in [0.4, 0.5) is 10.1 Å². The first-order valence-corrected chi connectivity index (χ1v) is 9.02. The van der Waals surface area contributed by atoms with Crippen molar-refractivity contribution in [2.75, 3.05) is 16.9 Å². The predicted octanol–water partition coefficient (Wildman–Crippen LogP) is 3.84. The Labute approximate surface area is 162 Å². The van der Waals surface area contributed by atoms with Crippen molar-refractivity contribution >= 4 is 46.6 Å². The number of nitrogen functional groups attached to an aromatic ring is 1. The van der Waals surface area contributed by atoms with Gasteiger partial charge in [-0.1, -0.05) is 35.0 Å². The summed E-state index contributed by atoms with van der Waals surface area (Å²) in [6.45, 7) is 0. The van der Waals surface area contributed by atoms with Crippen molar-refractivity contribution in [3.8, 4) is 11.4 Å². The first-order chi connectivity index (χ1) is 12.4. The van der Waals surface area contributed by atoms with Crippen molar-refractivity contribution in [3.05, 3.63) is 58.3 Å². The second kappa shape index (κ2) is 7.94. The fourth-order valence-electron chi connectivity index (χ4n) is 2.09. The minimum atomic E-state index is -0.373. The number of aromatic nitrogens is 3. The highest BCUT2D eigenvalue weighted by molar-refractivity contribution is 7.99. The Kier molecular flexibility index (Phi) is 5.65. The summed E-state index contributed by atoms with van der Waals surface area (Å²) in [5, 5.41) is 11.9. The number of benzene rings is 2. The van der Waals surface area contributed by atoms with Crippen LogP contribution >= 0.6 is 35.0 Å². The number of carbonyl (C=O) groups excluding carboxylic acids is 1. The largest absolute Gasteiger partial charge is 0.335 e. The minimum Gasteiger partial charge on any atom is -0.335 e. The molecule has 0 atom stereocenters. The monoisotopic (exact) mass is 411 g/mol. The van der Waals surface area contributed by atoms with Crippen molar-refractivity contribution in [3.63, 3.8) is 0 Å². The zero-order valence-corrected chi connectivity index (χ0v) is 15.4. The summed E-state index contributed by atoms with van der Waals surface area (Å²) < 4.78 is 14.1. The first-order valence-electron chi connectivity index (χ1n) is 7.28. The van der Waals surface area contributed by atoms with E-state index in [9.17, 15) is 9.18 Å². The topological polar surface area (TPSA) is 85.8 Å². The van der Waals surface area contributed by atoms with Crippen LogP contribution in [0.3, 0.4) is 0 Å². The quantitative estimate of drug-likeness (QED) is 0.491. The Morgan fingerprint density at radius 3 is 2.62 bits per heavy atom. The number of hydrogen-bond acceptors (Lipinski definition) is 5. The molecule has 0 aliphatic heterocycles. The SMILES string of the molecule is Nn1c(SCC(=O)Nc2ccc(F)cc2)nnc1-c1ccc(Cl)cc1Cl. The lowest BCUT2D eigenvalue weighted by Crippen LogP contribution is -2.16. The summed E-state index contributed by atoms with van der Waals surface area (Å²) in [6, 6.07) is 10.4. The third-order valence-electron chi connectivity index (χ3n) is 3.30. The molecule has 1 heterocycles. The van der Waals surface area contributed by atoms with E-state index < -0.39 is 0 Å². The molecule has 0 fully saturated rings. The molecule has 0 aliphatic carbocycles. The number of nitrogens with zero attached hydrogens (tertiary/aromatic N) is 3. The van der Waals surface area contributed by atoms with Gasteiger partial charge in [-0.2, -0.15) is 0 Å². The van der Waals surface area contributed by atoms with Gasteiger partial charge in [-0.15, -0.1) is 10.2 Å². The second-order valence-electron chi connectivity index (χ2n) is 5.14. The van der Waals surface area contributed by atoms with Crippen LogP contribution in [0.2, 0.25) is 10.0 Å². The number of thioether (sulfide) groups is 1. The summed E-state index contributed by atoms with van der Waals surface area (Å²) in [5.41, 5.74) is 1.08. The smallest absolute Gasteiger partial charge is 0.234 e. The van der Waals surface area contributed by atoms with Crippen molar-refractivity contribution in [2.24, 2.45) is 0 Å². The lowest BCUT2D eigenvalue weighted by Gasteiger charge is -2.06. The number of amides is 1. The van der Waals surface area contributed by atoms with E-state index in [2.05, 4.69) is 15.5 Å². The number of halogens is 3. The minimum absolute atomic E-state index is 0.0566. The molecule has 0 bridgehead atoms. The molecular formula is C16H12Cl2FN5OS. The molecule has 1 amide bonds. The van der Waals surface area contributed by atoms with Crippen molar-refractivity contribution in [2.45, 2.75) is 5.16 Å². The summed E-state index contributed by atoms with van der Waals surface area (Å²) in [6.07, 6.45) is 0. The van der Waals surface area contributed by atoms with Gasteiger partial charge in [0.25, 0.3) is 0 Å². The van der Waals surface area contributed by atoms with Crippen LogP contribution in [-0.4, -0.2) is 26.5 Å². The third-order valence-corrected chi connectivity index (χ3v) is 4.79. The normalized spacial score (nSPS) is 10.7. The zero-order valence-electron chi connectivity index (χ0n) is 13.1. The van der Waals surface area contributed by atoms with Gasteiger partial charge in [0, 0.05) is 16.3 Å². The highest BCUT2D eigenvalue weighted by Crippen LogP contribution is 2.30. The van der Waals surface area contributed by atoms with Gasteiger partial charge in [-0.3, -0.25) is 4.79 Å². The zero-order chi connectivity index (χ0) is 18.7. The summed E-state index contributed by atoms with van der Waals surface area (Å²) in [7, 11) is 0. The maximum Gasteiger partial charge on any atom is 0.234 e. The number of anilines is 1. The van der Waals surface area contributed by atoms with E-state index in [1.807, 2.05) is 0 Å². The molecular weight excluding hydrogens is 400 g/mol. The van der Waals surface area contributed by atoms with Crippen molar-refractivity contribution < 1.29 is 9.18 Å². The molecule has 6 nitrogen and oxygen atoms in total. The standard InChI is InChI=1S/C16H12Cl2FN5OS/c17-9-1-6-12(13(18)7-9)15-22-23-16(24(15)20)26-8-14(25)21-11-4-2-10(19)3-5-11/h1-7H,8,20H2,(H,21,25). The van der Waals surface area contributed by atoms with Gasteiger partial charge in [-0.25, -0.2) is 9.07 Å². The third kappa shape index (κ3) is 4.27. The average Bonchev–Trinajstić information content (AvgIpc) is 2.96. The Morgan fingerprint density at radius 2 is 1.92 bits per heavy atom. The maximum atomic E-state index is 12.9. The second-order valence-corrected chi connectivity index (χ2v) is 6.93. The Hall–Kier alpha value is -2.29. The van der Waals surface area contributed by atoms with Gasteiger partial charge in [-0.05, 0) is 42.5 Å². The fourth-order valence-corrected chi connectivity index (χ4v) is 3.24. The fraction of sp³-hybridized carbons (Fsp3) is 0.0625.